The number of carbonyl (C=O) groups excluding carboxylic acids is 1. The SMILES string of the molecule is CC(C)(CNC(=O)C1(CN)CC1)N1CCOCC1. The van der Waals surface area contributed by atoms with Crippen molar-refractivity contribution in [3.63, 3.8) is 0 Å². The van der Waals surface area contributed by atoms with E-state index in [0.717, 1.165) is 39.1 Å². The number of nitrogens with zero attached hydrogens (tertiary/aromatic N) is 1. The van der Waals surface area contributed by atoms with E-state index in [9.17, 15) is 4.79 Å². The first-order valence-electron chi connectivity index (χ1n) is 6.81. The van der Waals surface area contributed by atoms with Crippen molar-refractivity contribution in [2.75, 3.05) is 39.4 Å². The zero-order valence-electron chi connectivity index (χ0n) is 11.5. The standard InChI is InChI=1S/C13H25N3O2/c1-12(2,16-5-7-18-8-6-16)10-15-11(17)13(9-14)3-4-13/h3-10,14H2,1-2H3,(H,15,17). The van der Waals surface area contributed by atoms with E-state index < -0.39 is 0 Å². The normalized spacial score (nSPS) is 23.7. The molecule has 0 aromatic heterocycles. The Balaban J connectivity index is 1.82. The van der Waals surface area contributed by atoms with Crippen molar-refractivity contribution in [3.05, 3.63) is 0 Å². The lowest BCUT2D eigenvalue weighted by Crippen LogP contribution is -2.56. The maximum Gasteiger partial charge on any atom is 0.227 e. The first-order valence-corrected chi connectivity index (χ1v) is 6.81. The van der Waals surface area contributed by atoms with Crippen LogP contribution in [0.1, 0.15) is 26.7 Å². The van der Waals surface area contributed by atoms with Gasteiger partial charge in [0.15, 0.2) is 0 Å². The second kappa shape index (κ2) is 5.15. The number of amides is 1. The number of hydrogen-bond acceptors (Lipinski definition) is 4. The molecule has 2 rings (SSSR count). The van der Waals surface area contributed by atoms with Gasteiger partial charge in [-0.1, -0.05) is 0 Å². The third-order valence-corrected chi connectivity index (χ3v) is 4.27. The molecular formula is C13H25N3O2. The topological polar surface area (TPSA) is 67.6 Å². The Morgan fingerprint density at radius 3 is 2.50 bits per heavy atom. The van der Waals surface area contributed by atoms with Crippen LogP contribution in [0.5, 0.6) is 0 Å². The number of ether oxygens (including phenoxy) is 1. The van der Waals surface area contributed by atoms with Crippen molar-refractivity contribution in [2.45, 2.75) is 32.2 Å². The number of nitrogens with two attached hydrogens (primary N) is 1. The van der Waals surface area contributed by atoms with E-state index in [1.165, 1.54) is 0 Å². The van der Waals surface area contributed by atoms with Crippen molar-refractivity contribution in [1.82, 2.24) is 10.2 Å². The molecule has 2 fully saturated rings. The fourth-order valence-corrected chi connectivity index (χ4v) is 2.44. The molecule has 5 nitrogen and oxygen atoms in total. The molecule has 5 heteroatoms. The molecule has 1 amide bonds. The molecule has 0 unspecified atom stereocenters. The first kappa shape index (κ1) is 13.8. The Bertz CT molecular complexity index is 307. The second-order valence-electron chi connectivity index (χ2n) is 6.08. The van der Waals surface area contributed by atoms with E-state index in [0.29, 0.717) is 13.1 Å². The van der Waals surface area contributed by atoms with Gasteiger partial charge in [-0.2, -0.15) is 0 Å². The van der Waals surface area contributed by atoms with Gasteiger partial charge < -0.3 is 15.8 Å². The van der Waals surface area contributed by atoms with Gasteiger partial charge in [-0.25, -0.2) is 0 Å². The van der Waals surface area contributed by atoms with Crippen molar-refractivity contribution in [3.8, 4) is 0 Å². The van der Waals surface area contributed by atoms with Crippen molar-refractivity contribution >= 4 is 5.91 Å². The summed E-state index contributed by atoms with van der Waals surface area (Å²) in [7, 11) is 0. The Morgan fingerprint density at radius 1 is 1.39 bits per heavy atom. The first-order chi connectivity index (χ1) is 8.50. The molecule has 0 spiro atoms. The molecule has 1 saturated heterocycles. The van der Waals surface area contributed by atoms with E-state index >= 15 is 0 Å². The zero-order valence-corrected chi connectivity index (χ0v) is 11.5. The van der Waals surface area contributed by atoms with E-state index in [4.69, 9.17) is 10.5 Å². The summed E-state index contributed by atoms with van der Waals surface area (Å²) >= 11 is 0. The maximum atomic E-state index is 12.1. The molecule has 1 heterocycles. The average molecular weight is 255 g/mol. The highest BCUT2D eigenvalue weighted by Gasteiger charge is 2.48. The zero-order chi connectivity index (χ0) is 13.2. The minimum Gasteiger partial charge on any atom is -0.379 e. The van der Waals surface area contributed by atoms with Gasteiger partial charge in [0.05, 0.1) is 18.6 Å². The van der Waals surface area contributed by atoms with Gasteiger partial charge in [0, 0.05) is 31.7 Å². The summed E-state index contributed by atoms with van der Waals surface area (Å²) in [4.78, 5) is 14.4. The maximum absolute atomic E-state index is 12.1. The van der Waals surface area contributed by atoms with Crippen LogP contribution in [0.15, 0.2) is 0 Å². The number of morpholine rings is 1. The van der Waals surface area contributed by atoms with Crippen LogP contribution in [0.3, 0.4) is 0 Å². The third-order valence-electron chi connectivity index (χ3n) is 4.27. The molecule has 0 bridgehead atoms. The minimum absolute atomic E-state index is 0.0237. The minimum atomic E-state index is -0.249. The molecule has 0 atom stereocenters. The Labute approximate surface area is 109 Å². The largest absolute Gasteiger partial charge is 0.379 e. The fraction of sp³-hybridized carbons (Fsp3) is 0.923. The highest BCUT2D eigenvalue weighted by atomic mass is 16.5. The number of rotatable bonds is 5. The smallest absolute Gasteiger partial charge is 0.227 e. The third kappa shape index (κ3) is 2.84. The molecule has 1 saturated carbocycles. The van der Waals surface area contributed by atoms with E-state index in [-0.39, 0.29) is 16.9 Å². The monoisotopic (exact) mass is 255 g/mol. The van der Waals surface area contributed by atoms with Crippen LogP contribution in [-0.4, -0.2) is 55.7 Å². The van der Waals surface area contributed by atoms with E-state index in [2.05, 4.69) is 24.1 Å². The lowest BCUT2D eigenvalue weighted by Gasteiger charge is -2.41. The van der Waals surface area contributed by atoms with Gasteiger partial charge in [0.2, 0.25) is 5.91 Å². The predicted octanol–water partition coefficient (Wildman–Crippen LogP) is -0.0477. The van der Waals surface area contributed by atoms with Gasteiger partial charge in [-0.3, -0.25) is 9.69 Å². The van der Waals surface area contributed by atoms with Crippen LogP contribution in [0.2, 0.25) is 0 Å². The molecule has 104 valence electrons. The van der Waals surface area contributed by atoms with Crippen molar-refractivity contribution in [2.24, 2.45) is 11.1 Å². The molecule has 0 aromatic carbocycles. The number of carbonyl (C=O) groups is 1. The summed E-state index contributed by atoms with van der Waals surface area (Å²) in [6, 6.07) is 0. The molecule has 1 aliphatic carbocycles. The van der Waals surface area contributed by atoms with Gasteiger partial charge in [0.1, 0.15) is 0 Å². The average Bonchev–Trinajstić information content (AvgIpc) is 3.18. The highest BCUT2D eigenvalue weighted by Crippen LogP contribution is 2.44. The molecule has 0 radical (unpaired) electrons. The summed E-state index contributed by atoms with van der Waals surface area (Å²) in [5.74, 6) is 0.131. The number of hydrogen-bond donors (Lipinski definition) is 2. The van der Waals surface area contributed by atoms with Crippen molar-refractivity contribution in [1.29, 1.82) is 0 Å². The van der Waals surface area contributed by atoms with Gasteiger partial charge >= 0.3 is 0 Å². The highest BCUT2D eigenvalue weighted by molar-refractivity contribution is 5.85. The van der Waals surface area contributed by atoms with Crippen LogP contribution < -0.4 is 11.1 Å². The van der Waals surface area contributed by atoms with Crippen LogP contribution in [0, 0.1) is 5.41 Å². The summed E-state index contributed by atoms with van der Waals surface area (Å²) in [6.07, 6.45) is 1.88. The van der Waals surface area contributed by atoms with Crippen LogP contribution in [0.4, 0.5) is 0 Å². The Hall–Kier alpha value is -0.650. The molecule has 18 heavy (non-hydrogen) atoms. The molecule has 0 aromatic rings. The molecular weight excluding hydrogens is 230 g/mol. The lowest BCUT2D eigenvalue weighted by molar-refractivity contribution is -0.126. The van der Waals surface area contributed by atoms with Crippen LogP contribution in [-0.2, 0) is 9.53 Å². The Kier molecular flexibility index (Phi) is 3.94. The number of nitrogens with one attached hydrogen (secondary N) is 1. The van der Waals surface area contributed by atoms with Crippen LogP contribution >= 0.6 is 0 Å². The van der Waals surface area contributed by atoms with Gasteiger partial charge in [-0.15, -0.1) is 0 Å². The van der Waals surface area contributed by atoms with Gasteiger partial charge in [-0.05, 0) is 26.7 Å². The molecule has 1 aliphatic heterocycles. The predicted molar refractivity (Wildman–Crippen MR) is 70.2 cm³/mol. The molecule has 2 aliphatic rings. The summed E-state index contributed by atoms with van der Waals surface area (Å²) in [5.41, 5.74) is 5.39. The fourth-order valence-electron chi connectivity index (χ4n) is 2.44. The second-order valence-corrected chi connectivity index (χ2v) is 6.08. The van der Waals surface area contributed by atoms with Crippen molar-refractivity contribution < 1.29 is 9.53 Å². The lowest BCUT2D eigenvalue weighted by atomic mass is 10.0. The Morgan fingerprint density at radius 2 is 2.00 bits per heavy atom. The van der Waals surface area contributed by atoms with E-state index in [1.54, 1.807) is 0 Å². The van der Waals surface area contributed by atoms with Crippen LogP contribution in [0.25, 0.3) is 0 Å². The summed E-state index contributed by atoms with van der Waals surface area (Å²) < 4.78 is 5.36. The van der Waals surface area contributed by atoms with E-state index in [1.807, 2.05) is 0 Å². The summed E-state index contributed by atoms with van der Waals surface area (Å²) in [6.45, 7) is 8.91. The quantitative estimate of drug-likeness (QED) is 0.723. The van der Waals surface area contributed by atoms with Gasteiger partial charge in [0.25, 0.3) is 0 Å². The molecule has 3 N–H and O–H groups in total. The summed E-state index contributed by atoms with van der Waals surface area (Å²) in [5, 5.41) is 3.07.